The molecule has 1 aromatic rings. The van der Waals surface area contributed by atoms with Crippen molar-refractivity contribution in [2.45, 2.75) is 19.3 Å². The van der Waals surface area contributed by atoms with E-state index in [1.165, 1.54) is 0 Å². The zero-order chi connectivity index (χ0) is 13.9. The van der Waals surface area contributed by atoms with Gasteiger partial charge < -0.3 is 15.8 Å². The van der Waals surface area contributed by atoms with Gasteiger partial charge in [-0.1, -0.05) is 19.9 Å². The maximum atomic E-state index is 12.2. The molecule has 0 unspecified atom stereocenters. The average Bonchev–Trinajstić information content (AvgIpc) is 2.37. The molecule has 0 aliphatic carbocycles. The zero-order valence-corrected chi connectivity index (χ0v) is 11.5. The third kappa shape index (κ3) is 2.77. The van der Waals surface area contributed by atoms with Gasteiger partial charge in [-0.15, -0.1) is 0 Å². The number of nitrogens with zero attached hydrogens (tertiary/aromatic N) is 1. The maximum Gasteiger partial charge on any atom is 0.232 e. The monoisotopic (exact) mass is 263 g/mol. The minimum atomic E-state index is -0.523. The summed E-state index contributed by atoms with van der Waals surface area (Å²) in [4.78, 5) is 16.3. The van der Waals surface area contributed by atoms with Crippen LogP contribution in [0.4, 0.5) is 0 Å². The van der Waals surface area contributed by atoms with E-state index in [0.717, 1.165) is 5.56 Å². The highest BCUT2D eigenvalue weighted by atomic mass is 16.5. The van der Waals surface area contributed by atoms with E-state index in [9.17, 15) is 4.79 Å². The Bertz CT molecular complexity index is 436. The summed E-state index contributed by atoms with van der Waals surface area (Å²) >= 11 is 0. The number of nitrogens with two attached hydrogens (primary N) is 1. The molecule has 1 aromatic heterocycles. The molecule has 0 atom stereocenters. The van der Waals surface area contributed by atoms with Crippen LogP contribution in [0, 0.1) is 5.41 Å². The Hall–Kier alpha value is -1.46. The Morgan fingerprint density at radius 1 is 1.58 bits per heavy atom. The summed E-state index contributed by atoms with van der Waals surface area (Å²) in [6.45, 7) is 5.88. The maximum absolute atomic E-state index is 12.2. The first-order valence-electron chi connectivity index (χ1n) is 6.47. The molecule has 0 aromatic carbocycles. The number of pyridine rings is 1. The number of amides is 1. The van der Waals surface area contributed by atoms with Gasteiger partial charge in [0.05, 0.1) is 13.2 Å². The Morgan fingerprint density at radius 2 is 2.32 bits per heavy atom. The third-order valence-electron chi connectivity index (χ3n) is 3.76. The van der Waals surface area contributed by atoms with E-state index >= 15 is 0 Å². The molecule has 1 aliphatic rings. The van der Waals surface area contributed by atoms with Crippen LogP contribution in [0.5, 0.6) is 0 Å². The molecule has 1 fully saturated rings. The Balaban J connectivity index is 1.96. The van der Waals surface area contributed by atoms with Gasteiger partial charge in [-0.2, -0.15) is 0 Å². The van der Waals surface area contributed by atoms with Gasteiger partial charge in [-0.3, -0.25) is 9.78 Å². The van der Waals surface area contributed by atoms with E-state index in [0.29, 0.717) is 26.3 Å². The van der Waals surface area contributed by atoms with Gasteiger partial charge >= 0.3 is 0 Å². The summed E-state index contributed by atoms with van der Waals surface area (Å²) in [5.41, 5.74) is 6.08. The second-order valence-electron chi connectivity index (χ2n) is 5.79. The number of carbonyl (C=O) groups excluding carboxylic acids is 1. The second-order valence-corrected chi connectivity index (χ2v) is 5.79. The van der Waals surface area contributed by atoms with Gasteiger partial charge in [0.2, 0.25) is 5.91 Å². The quantitative estimate of drug-likeness (QED) is 0.808. The summed E-state index contributed by atoms with van der Waals surface area (Å²) < 4.78 is 5.12. The van der Waals surface area contributed by atoms with E-state index < -0.39 is 5.41 Å². The number of aromatic nitrogens is 1. The number of hydrogen-bond acceptors (Lipinski definition) is 4. The molecule has 1 saturated heterocycles. The number of rotatable bonds is 5. The van der Waals surface area contributed by atoms with E-state index in [2.05, 4.69) is 24.1 Å². The fourth-order valence-electron chi connectivity index (χ4n) is 2.04. The van der Waals surface area contributed by atoms with E-state index in [-0.39, 0.29) is 11.3 Å². The van der Waals surface area contributed by atoms with Crippen LogP contribution in [-0.4, -0.2) is 37.2 Å². The third-order valence-corrected chi connectivity index (χ3v) is 3.76. The first-order valence-corrected chi connectivity index (χ1v) is 6.47. The first kappa shape index (κ1) is 14.0. The standard InChI is InChI=1S/C14H21N3O2/c1-13(2,11-4-3-5-16-6-11)8-17-12(18)14(7-15)9-19-10-14/h3-6H,7-10,15H2,1-2H3,(H,17,18). The fraction of sp³-hybridized carbons (Fsp3) is 0.571. The molecule has 1 aliphatic heterocycles. The lowest BCUT2D eigenvalue weighted by Gasteiger charge is -2.39. The van der Waals surface area contributed by atoms with E-state index in [1.807, 2.05) is 18.3 Å². The SMILES string of the molecule is CC(C)(CNC(=O)C1(CN)COC1)c1cccnc1. The van der Waals surface area contributed by atoms with Crippen molar-refractivity contribution < 1.29 is 9.53 Å². The molecule has 5 heteroatoms. The number of hydrogen-bond donors (Lipinski definition) is 2. The van der Waals surface area contributed by atoms with Gasteiger partial charge in [0, 0.05) is 30.9 Å². The van der Waals surface area contributed by atoms with Crippen LogP contribution in [0.15, 0.2) is 24.5 Å². The molecule has 0 spiro atoms. The number of carbonyl (C=O) groups is 1. The highest BCUT2D eigenvalue weighted by Gasteiger charge is 2.44. The van der Waals surface area contributed by atoms with Gasteiger partial charge in [0.1, 0.15) is 5.41 Å². The molecule has 19 heavy (non-hydrogen) atoms. The second kappa shape index (κ2) is 5.27. The molecule has 1 amide bonds. The van der Waals surface area contributed by atoms with Crippen molar-refractivity contribution in [2.24, 2.45) is 11.1 Å². The lowest BCUT2D eigenvalue weighted by molar-refractivity contribution is -0.159. The van der Waals surface area contributed by atoms with Crippen LogP contribution in [-0.2, 0) is 14.9 Å². The first-order chi connectivity index (χ1) is 9.00. The smallest absolute Gasteiger partial charge is 0.232 e. The molecule has 3 N–H and O–H groups in total. The molecule has 0 saturated carbocycles. The van der Waals surface area contributed by atoms with Crippen molar-refractivity contribution in [2.75, 3.05) is 26.3 Å². The van der Waals surface area contributed by atoms with Crippen molar-refractivity contribution in [3.05, 3.63) is 30.1 Å². The Morgan fingerprint density at radius 3 is 2.79 bits per heavy atom. The van der Waals surface area contributed by atoms with Crippen molar-refractivity contribution in [1.82, 2.24) is 10.3 Å². The summed E-state index contributed by atoms with van der Waals surface area (Å²) in [5, 5.41) is 2.99. The lowest BCUT2D eigenvalue weighted by atomic mass is 9.82. The molecular formula is C14H21N3O2. The molecule has 2 rings (SSSR count). The predicted octanol–water partition coefficient (Wildman–Crippen LogP) is 0.451. The molecule has 0 bridgehead atoms. The average molecular weight is 263 g/mol. The number of ether oxygens (including phenoxy) is 1. The predicted molar refractivity (Wildman–Crippen MR) is 72.6 cm³/mol. The van der Waals surface area contributed by atoms with Crippen LogP contribution in [0.1, 0.15) is 19.4 Å². The summed E-state index contributed by atoms with van der Waals surface area (Å²) in [6.07, 6.45) is 3.57. The summed E-state index contributed by atoms with van der Waals surface area (Å²) in [7, 11) is 0. The van der Waals surface area contributed by atoms with Crippen molar-refractivity contribution in [3.8, 4) is 0 Å². The molecular weight excluding hydrogens is 242 g/mol. The van der Waals surface area contributed by atoms with Gasteiger partial charge in [0.25, 0.3) is 0 Å². The Labute approximate surface area is 113 Å². The highest BCUT2D eigenvalue weighted by Crippen LogP contribution is 2.27. The fourth-order valence-corrected chi connectivity index (χ4v) is 2.04. The molecule has 2 heterocycles. The van der Waals surface area contributed by atoms with Crippen molar-refractivity contribution >= 4 is 5.91 Å². The minimum Gasteiger partial charge on any atom is -0.379 e. The van der Waals surface area contributed by atoms with Crippen molar-refractivity contribution in [3.63, 3.8) is 0 Å². The molecule has 5 nitrogen and oxygen atoms in total. The van der Waals surface area contributed by atoms with Crippen LogP contribution < -0.4 is 11.1 Å². The lowest BCUT2D eigenvalue weighted by Crippen LogP contribution is -2.59. The largest absolute Gasteiger partial charge is 0.379 e. The van der Waals surface area contributed by atoms with Crippen LogP contribution in [0.2, 0.25) is 0 Å². The topological polar surface area (TPSA) is 77.2 Å². The van der Waals surface area contributed by atoms with Crippen LogP contribution >= 0.6 is 0 Å². The Kier molecular flexibility index (Phi) is 3.87. The van der Waals surface area contributed by atoms with Gasteiger partial charge in [-0.05, 0) is 11.6 Å². The van der Waals surface area contributed by atoms with Crippen LogP contribution in [0.3, 0.4) is 0 Å². The minimum absolute atomic E-state index is 0.0155. The molecule has 0 radical (unpaired) electrons. The van der Waals surface area contributed by atoms with E-state index in [4.69, 9.17) is 10.5 Å². The van der Waals surface area contributed by atoms with Crippen molar-refractivity contribution in [1.29, 1.82) is 0 Å². The highest BCUT2D eigenvalue weighted by molar-refractivity contribution is 5.84. The summed E-state index contributed by atoms with van der Waals surface area (Å²) in [5.74, 6) is -0.0155. The van der Waals surface area contributed by atoms with Crippen LogP contribution in [0.25, 0.3) is 0 Å². The van der Waals surface area contributed by atoms with E-state index in [1.54, 1.807) is 6.20 Å². The molecule has 104 valence electrons. The zero-order valence-electron chi connectivity index (χ0n) is 11.5. The van der Waals surface area contributed by atoms with Gasteiger partial charge in [0.15, 0.2) is 0 Å². The number of nitrogens with one attached hydrogen (secondary N) is 1. The summed E-state index contributed by atoms with van der Waals surface area (Å²) in [6, 6.07) is 3.92. The normalized spacial score (nSPS) is 17.6. The van der Waals surface area contributed by atoms with Gasteiger partial charge in [-0.25, -0.2) is 0 Å².